The summed E-state index contributed by atoms with van der Waals surface area (Å²) in [5.41, 5.74) is 0. The van der Waals surface area contributed by atoms with Crippen molar-refractivity contribution < 1.29 is 42.1 Å². The zero-order valence-electron chi connectivity index (χ0n) is 37.8. The highest BCUT2D eigenvalue weighted by atomic mass is 31.2. The van der Waals surface area contributed by atoms with E-state index < -0.39 is 26.5 Å². The number of carbonyl (C=O) groups is 2. The molecule has 0 fully saturated rings. The van der Waals surface area contributed by atoms with E-state index in [-0.39, 0.29) is 32.0 Å². The number of quaternary nitrogens is 1. The maximum absolute atomic E-state index is 12.7. The van der Waals surface area contributed by atoms with Crippen molar-refractivity contribution in [3.8, 4) is 0 Å². The first-order chi connectivity index (χ1) is 27.5. The Morgan fingerprint density at radius 2 is 0.947 bits per heavy atom. The second-order valence-electron chi connectivity index (χ2n) is 17.1. The second kappa shape index (κ2) is 39.9. The van der Waals surface area contributed by atoms with Crippen LogP contribution in [-0.4, -0.2) is 70.0 Å². The van der Waals surface area contributed by atoms with Crippen LogP contribution in [0.15, 0.2) is 24.3 Å². The molecule has 0 aromatic carbocycles. The lowest BCUT2D eigenvalue weighted by Gasteiger charge is -2.28. The Labute approximate surface area is 351 Å². The lowest BCUT2D eigenvalue weighted by molar-refractivity contribution is -0.870. The van der Waals surface area contributed by atoms with Gasteiger partial charge >= 0.3 is 11.9 Å². The summed E-state index contributed by atoms with van der Waals surface area (Å²) in [4.78, 5) is 37.6. The van der Waals surface area contributed by atoms with E-state index in [1.54, 1.807) is 0 Å². The van der Waals surface area contributed by atoms with Crippen LogP contribution < -0.4 is 4.89 Å². The summed E-state index contributed by atoms with van der Waals surface area (Å²) in [6, 6.07) is 0. The molecule has 0 rings (SSSR count). The monoisotopic (exact) mass is 828 g/mol. The third-order valence-electron chi connectivity index (χ3n) is 10.2. The topological polar surface area (TPSA) is 111 Å². The Hall–Kier alpha value is -1.51. The molecule has 0 aromatic rings. The molecule has 0 saturated carbocycles. The van der Waals surface area contributed by atoms with Gasteiger partial charge < -0.3 is 27.9 Å². The van der Waals surface area contributed by atoms with Gasteiger partial charge in [0.15, 0.2) is 6.10 Å². The van der Waals surface area contributed by atoms with Crippen LogP contribution in [0.2, 0.25) is 0 Å². The largest absolute Gasteiger partial charge is 0.756 e. The van der Waals surface area contributed by atoms with Crippen molar-refractivity contribution in [2.24, 2.45) is 0 Å². The van der Waals surface area contributed by atoms with Gasteiger partial charge in [-0.3, -0.25) is 14.2 Å². The first-order valence-electron chi connectivity index (χ1n) is 23.5. The van der Waals surface area contributed by atoms with Crippen molar-refractivity contribution in [2.45, 2.75) is 219 Å². The zero-order chi connectivity index (χ0) is 42.1. The number of phosphoric ester groups is 1. The number of unbranched alkanes of at least 4 members (excludes halogenated alkanes) is 25. The SMILES string of the molecule is CCCCC/C=C\C/C=C\CCCCCCCCCCCC(=O)O[C@H](COC(=O)CCCCCCCCCCCCCCCC)COP(=O)([O-])OCC[N+](C)(C)C. The van der Waals surface area contributed by atoms with Crippen molar-refractivity contribution >= 4 is 19.8 Å². The predicted molar refractivity (Wildman–Crippen MR) is 236 cm³/mol. The minimum Gasteiger partial charge on any atom is -0.756 e. The molecular weight excluding hydrogens is 737 g/mol. The van der Waals surface area contributed by atoms with Gasteiger partial charge in [0, 0.05) is 12.8 Å². The van der Waals surface area contributed by atoms with Crippen molar-refractivity contribution in [1.29, 1.82) is 0 Å². The molecule has 0 N–H and O–H groups in total. The molecule has 10 heteroatoms. The summed E-state index contributed by atoms with van der Waals surface area (Å²) in [6.07, 6.45) is 43.4. The lowest BCUT2D eigenvalue weighted by atomic mass is 10.0. The van der Waals surface area contributed by atoms with Gasteiger partial charge in [0.1, 0.15) is 19.8 Å². The van der Waals surface area contributed by atoms with E-state index in [1.807, 2.05) is 21.1 Å². The van der Waals surface area contributed by atoms with Crippen LogP contribution in [0.1, 0.15) is 213 Å². The number of likely N-dealkylation sites (N-methyl/N-ethyl adjacent to an activating group) is 1. The van der Waals surface area contributed by atoms with Crippen LogP contribution in [0.4, 0.5) is 0 Å². The molecule has 2 atom stereocenters. The molecule has 0 aliphatic carbocycles. The van der Waals surface area contributed by atoms with E-state index in [4.69, 9.17) is 18.5 Å². The lowest BCUT2D eigenvalue weighted by Crippen LogP contribution is -2.37. The van der Waals surface area contributed by atoms with E-state index in [9.17, 15) is 19.0 Å². The van der Waals surface area contributed by atoms with Gasteiger partial charge in [-0.15, -0.1) is 0 Å². The standard InChI is InChI=1S/C47H90NO8P/c1-6-8-10-12-14-16-18-20-22-23-24-25-26-28-30-32-34-36-38-40-47(50)56-45(44-55-57(51,52)54-42-41-48(3,4)5)43-53-46(49)39-37-35-33-31-29-27-21-19-17-15-13-11-9-7-2/h14,16,20,22,45H,6-13,15,17-19,21,23-44H2,1-5H3/b16-14-,22-20-/t45-/m1/s1. The van der Waals surface area contributed by atoms with Crippen LogP contribution in [0.25, 0.3) is 0 Å². The third-order valence-corrected chi connectivity index (χ3v) is 11.2. The smallest absolute Gasteiger partial charge is 0.306 e. The third kappa shape index (κ3) is 43.9. The minimum atomic E-state index is -4.62. The molecule has 1 unspecified atom stereocenters. The fourth-order valence-corrected chi connectivity index (χ4v) is 7.24. The summed E-state index contributed by atoms with van der Waals surface area (Å²) in [6.45, 7) is 4.22. The Bertz CT molecular complexity index is 1030. The Morgan fingerprint density at radius 3 is 1.42 bits per heavy atom. The highest BCUT2D eigenvalue weighted by Gasteiger charge is 2.21. The fourth-order valence-electron chi connectivity index (χ4n) is 6.51. The van der Waals surface area contributed by atoms with Gasteiger partial charge in [0.25, 0.3) is 7.82 Å². The van der Waals surface area contributed by atoms with Crippen LogP contribution >= 0.6 is 7.82 Å². The molecule has 0 aromatic heterocycles. The van der Waals surface area contributed by atoms with E-state index in [0.29, 0.717) is 17.4 Å². The normalized spacial score (nSPS) is 13.7. The Kier molecular flexibility index (Phi) is 38.9. The molecule has 336 valence electrons. The summed E-state index contributed by atoms with van der Waals surface area (Å²) >= 11 is 0. The number of nitrogens with zero attached hydrogens (tertiary/aromatic N) is 1. The summed E-state index contributed by atoms with van der Waals surface area (Å²) in [5.74, 6) is -0.830. The maximum atomic E-state index is 12.7. The molecule has 0 aliphatic rings. The molecular formula is C47H90NO8P. The van der Waals surface area contributed by atoms with Crippen molar-refractivity contribution in [3.05, 3.63) is 24.3 Å². The van der Waals surface area contributed by atoms with Crippen LogP contribution in [0.3, 0.4) is 0 Å². The van der Waals surface area contributed by atoms with Crippen molar-refractivity contribution in [2.75, 3.05) is 47.5 Å². The number of hydrogen-bond donors (Lipinski definition) is 0. The number of ether oxygens (including phenoxy) is 2. The number of esters is 2. The van der Waals surface area contributed by atoms with E-state index >= 15 is 0 Å². The molecule has 0 saturated heterocycles. The Balaban J connectivity index is 4.29. The van der Waals surface area contributed by atoms with Crippen LogP contribution in [0.5, 0.6) is 0 Å². The highest BCUT2D eigenvalue weighted by Crippen LogP contribution is 2.38. The summed E-state index contributed by atoms with van der Waals surface area (Å²) in [5, 5.41) is 0. The molecule has 57 heavy (non-hydrogen) atoms. The molecule has 9 nitrogen and oxygen atoms in total. The zero-order valence-corrected chi connectivity index (χ0v) is 38.7. The molecule has 0 spiro atoms. The maximum Gasteiger partial charge on any atom is 0.306 e. The number of allylic oxidation sites excluding steroid dienone is 4. The fraction of sp³-hybridized carbons (Fsp3) is 0.872. The van der Waals surface area contributed by atoms with Gasteiger partial charge in [-0.25, -0.2) is 0 Å². The quantitative estimate of drug-likeness (QED) is 0.0196. The first-order valence-corrected chi connectivity index (χ1v) is 25.0. The number of hydrogen-bond acceptors (Lipinski definition) is 8. The predicted octanol–water partition coefficient (Wildman–Crippen LogP) is 12.9. The summed E-state index contributed by atoms with van der Waals surface area (Å²) in [7, 11) is 1.17. The minimum absolute atomic E-state index is 0.0297. The van der Waals surface area contributed by atoms with E-state index in [1.165, 1.54) is 128 Å². The Morgan fingerprint density at radius 1 is 0.544 bits per heavy atom. The van der Waals surface area contributed by atoms with Gasteiger partial charge in [-0.2, -0.15) is 0 Å². The molecule has 0 bridgehead atoms. The van der Waals surface area contributed by atoms with Gasteiger partial charge in [-0.1, -0.05) is 179 Å². The second-order valence-corrected chi connectivity index (χ2v) is 18.5. The van der Waals surface area contributed by atoms with E-state index in [2.05, 4.69) is 38.2 Å². The average molecular weight is 828 g/mol. The van der Waals surface area contributed by atoms with Gasteiger partial charge in [0.05, 0.1) is 27.7 Å². The van der Waals surface area contributed by atoms with Crippen molar-refractivity contribution in [1.82, 2.24) is 0 Å². The first kappa shape index (κ1) is 55.5. The molecule has 0 heterocycles. The van der Waals surface area contributed by atoms with Gasteiger partial charge in [-0.05, 0) is 44.9 Å². The number of carbonyl (C=O) groups excluding carboxylic acids is 2. The molecule has 0 amide bonds. The number of phosphoric acid groups is 1. The molecule has 0 aliphatic heterocycles. The summed E-state index contributed by atoms with van der Waals surface area (Å²) < 4.78 is 34.0. The average Bonchev–Trinajstić information content (AvgIpc) is 3.16. The number of rotatable bonds is 43. The van der Waals surface area contributed by atoms with Crippen LogP contribution in [-0.2, 0) is 32.7 Å². The van der Waals surface area contributed by atoms with Crippen molar-refractivity contribution in [3.63, 3.8) is 0 Å². The molecule has 0 radical (unpaired) electrons. The van der Waals surface area contributed by atoms with Gasteiger partial charge in [0.2, 0.25) is 0 Å². The highest BCUT2D eigenvalue weighted by molar-refractivity contribution is 7.45. The van der Waals surface area contributed by atoms with Crippen LogP contribution in [0, 0.1) is 0 Å². The van der Waals surface area contributed by atoms with E-state index in [0.717, 1.165) is 51.4 Å².